The van der Waals surface area contributed by atoms with E-state index in [9.17, 15) is 0 Å². The Hall–Kier alpha value is -2.27. The highest BCUT2D eigenvalue weighted by molar-refractivity contribution is 7.15. The summed E-state index contributed by atoms with van der Waals surface area (Å²) in [4.78, 5) is 5.63. The van der Waals surface area contributed by atoms with Crippen molar-refractivity contribution in [3.05, 3.63) is 53.9 Å². The van der Waals surface area contributed by atoms with E-state index in [2.05, 4.69) is 38.5 Å². The van der Waals surface area contributed by atoms with Gasteiger partial charge in [-0.25, -0.2) is 4.98 Å². The van der Waals surface area contributed by atoms with Gasteiger partial charge in [-0.05, 0) is 12.1 Å². The van der Waals surface area contributed by atoms with Crippen molar-refractivity contribution in [1.29, 1.82) is 0 Å². The van der Waals surface area contributed by atoms with Crippen LogP contribution in [-0.2, 0) is 6.54 Å². The lowest BCUT2D eigenvalue weighted by molar-refractivity contribution is 0.816. The van der Waals surface area contributed by atoms with Gasteiger partial charge in [0, 0.05) is 29.4 Å². The summed E-state index contributed by atoms with van der Waals surface area (Å²) in [5.74, 6) is 0. The number of anilines is 1. The van der Waals surface area contributed by atoms with Gasteiger partial charge in [0.25, 0.3) is 0 Å². The molecule has 0 atom stereocenters. The van der Waals surface area contributed by atoms with Gasteiger partial charge in [-0.15, -0.1) is 11.3 Å². The number of thiazole rings is 1. The van der Waals surface area contributed by atoms with Gasteiger partial charge in [-0.2, -0.15) is 0 Å². The minimum Gasteiger partial charge on any atom is -0.397 e. The second-order valence-corrected chi connectivity index (χ2v) is 5.43. The van der Waals surface area contributed by atoms with Crippen molar-refractivity contribution >= 4 is 32.9 Å². The second kappa shape index (κ2) is 3.86. The molecule has 0 aliphatic heterocycles. The van der Waals surface area contributed by atoms with E-state index in [4.69, 9.17) is 5.73 Å². The van der Waals surface area contributed by atoms with Crippen molar-refractivity contribution in [2.24, 2.45) is 0 Å². The highest BCUT2D eigenvalue weighted by Gasteiger charge is 2.07. The summed E-state index contributed by atoms with van der Waals surface area (Å²) in [5, 5.41) is 3.20. The number of fused-ring (bicyclic) bond motifs is 2. The third kappa shape index (κ3) is 1.62. The zero-order chi connectivity index (χ0) is 12.8. The summed E-state index contributed by atoms with van der Waals surface area (Å²) in [6, 6.07) is 8.08. The van der Waals surface area contributed by atoms with E-state index in [1.165, 1.54) is 5.39 Å². The summed E-state index contributed by atoms with van der Waals surface area (Å²) in [6.07, 6.45) is 6.16. The predicted molar refractivity (Wildman–Crippen MR) is 78.5 cm³/mol. The van der Waals surface area contributed by atoms with Crippen LogP contribution in [0.2, 0.25) is 0 Å². The smallest absolute Gasteiger partial charge is 0.193 e. The largest absolute Gasteiger partial charge is 0.397 e. The third-order valence-electron chi connectivity index (χ3n) is 3.30. The third-order valence-corrected chi connectivity index (χ3v) is 4.07. The standard InChI is InChI=1S/C14H12N4S/c15-12-3-1-2-10-4-5-17(13(10)12)8-11-9-18-6-7-19-14(18)16-11/h1-7,9H,8,15H2. The van der Waals surface area contributed by atoms with Crippen molar-refractivity contribution in [2.75, 3.05) is 5.73 Å². The zero-order valence-electron chi connectivity index (χ0n) is 10.2. The van der Waals surface area contributed by atoms with Crippen LogP contribution in [0, 0.1) is 0 Å². The van der Waals surface area contributed by atoms with E-state index < -0.39 is 0 Å². The lowest BCUT2D eigenvalue weighted by Gasteiger charge is -2.05. The summed E-state index contributed by atoms with van der Waals surface area (Å²) in [7, 11) is 0. The molecule has 0 saturated heterocycles. The first-order valence-corrected chi connectivity index (χ1v) is 6.93. The summed E-state index contributed by atoms with van der Waals surface area (Å²) in [6.45, 7) is 0.742. The molecule has 0 unspecified atom stereocenters. The Bertz CT molecular complexity index is 839. The fraction of sp³-hybridized carbons (Fsp3) is 0.0714. The molecule has 4 aromatic rings. The lowest BCUT2D eigenvalue weighted by atomic mass is 10.2. The van der Waals surface area contributed by atoms with Crippen LogP contribution in [0.5, 0.6) is 0 Å². The summed E-state index contributed by atoms with van der Waals surface area (Å²) >= 11 is 1.65. The molecular formula is C14H12N4S. The molecule has 3 heterocycles. The van der Waals surface area contributed by atoms with Crippen LogP contribution in [0.3, 0.4) is 0 Å². The van der Waals surface area contributed by atoms with Gasteiger partial charge in [-0.1, -0.05) is 12.1 Å². The van der Waals surface area contributed by atoms with Gasteiger partial charge in [-0.3, -0.25) is 4.40 Å². The maximum atomic E-state index is 6.07. The quantitative estimate of drug-likeness (QED) is 0.568. The number of nitrogens with zero attached hydrogens (tertiary/aromatic N) is 3. The molecule has 1 aromatic carbocycles. The average Bonchev–Trinajstić information content (AvgIpc) is 3.04. The van der Waals surface area contributed by atoms with E-state index in [1.54, 1.807) is 11.3 Å². The minimum absolute atomic E-state index is 0.742. The zero-order valence-corrected chi connectivity index (χ0v) is 11.0. The SMILES string of the molecule is Nc1cccc2ccn(Cc3cn4ccsc4n3)c12. The Balaban J connectivity index is 1.80. The minimum atomic E-state index is 0.742. The van der Waals surface area contributed by atoms with Crippen LogP contribution < -0.4 is 5.73 Å². The van der Waals surface area contributed by atoms with Crippen molar-refractivity contribution in [3.63, 3.8) is 0 Å². The van der Waals surface area contributed by atoms with Crippen LogP contribution in [0.4, 0.5) is 5.69 Å². The highest BCUT2D eigenvalue weighted by Crippen LogP contribution is 2.23. The molecule has 0 saturated carbocycles. The van der Waals surface area contributed by atoms with E-state index in [0.717, 1.165) is 28.4 Å². The fourth-order valence-electron chi connectivity index (χ4n) is 2.45. The number of nitrogens with two attached hydrogens (primary N) is 1. The van der Waals surface area contributed by atoms with Crippen molar-refractivity contribution < 1.29 is 0 Å². The maximum Gasteiger partial charge on any atom is 0.193 e. The number of nitrogen functional groups attached to an aromatic ring is 1. The normalized spacial score (nSPS) is 11.6. The molecule has 2 N–H and O–H groups in total. The number of benzene rings is 1. The monoisotopic (exact) mass is 268 g/mol. The van der Waals surface area contributed by atoms with E-state index in [-0.39, 0.29) is 0 Å². The molecular weight excluding hydrogens is 256 g/mol. The molecule has 19 heavy (non-hydrogen) atoms. The van der Waals surface area contributed by atoms with Gasteiger partial charge in [0.15, 0.2) is 4.96 Å². The summed E-state index contributed by atoms with van der Waals surface area (Å²) < 4.78 is 4.20. The molecule has 3 aromatic heterocycles. The van der Waals surface area contributed by atoms with Crippen molar-refractivity contribution in [1.82, 2.24) is 14.0 Å². The first kappa shape index (κ1) is 10.6. The molecule has 4 rings (SSSR count). The molecule has 0 amide bonds. The maximum absolute atomic E-state index is 6.07. The van der Waals surface area contributed by atoms with Crippen LogP contribution in [0.15, 0.2) is 48.2 Å². The molecule has 0 fully saturated rings. The van der Waals surface area contributed by atoms with Gasteiger partial charge in [0.05, 0.1) is 23.4 Å². The van der Waals surface area contributed by atoms with Gasteiger partial charge in [0.2, 0.25) is 0 Å². The Labute approximate surface area is 113 Å². The fourth-order valence-corrected chi connectivity index (χ4v) is 3.17. The number of para-hydroxylation sites is 1. The number of hydrogen-bond acceptors (Lipinski definition) is 3. The lowest BCUT2D eigenvalue weighted by Crippen LogP contribution is -2.00. The molecule has 0 radical (unpaired) electrons. The van der Waals surface area contributed by atoms with Gasteiger partial charge in [0.1, 0.15) is 0 Å². The molecule has 5 heteroatoms. The first-order chi connectivity index (χ1) is 9.31. The van der Waals surface area contributed by atoms with E-state index in [1.807, 2.05) is 23.7 Å². The molecule has 4 nitrogen and oxygen atoms in total. The van der Waals surface area contributed by atoms with Crippen LogP contribution in [-0.4, -0.2) is 14.0 Å². The predicted octanol–water partition coefficient (Wildman–Crippen LogP) is 2.98. The number of rotatable bonds is 2. The molecule has 0 bridgehead atoms. The number of hydrogen-bond donors (Lipinski definition) is 1. The van der Waals surface area contributed by atoms with Gasteiger partial charge < -0.3 is 10.3 Å². The Morgan fingerprint density at radius 3 is 3.05 bits per heavy atom. The molecule has 0 spiro atoms. The Morgan fingerprint density at radius 1 is 1.21 bits per heavy atom. The molecule has 0 aliphatic rings. The Kier molecular flexibility index (Phi) is 2.16. The topological polar surface area (TPSA) is 48.2 Å². The Morgan fingerprint density at radius 2 is 2.16 bits per heavy atom. The van der Waals surface area contributed by atoms with E-state index >= 15 is 0 Å². The highest BCUT2D eigenvalue weighted by atomic mass is 32.1. The first-order valence-electron chi connectivity index (χ1n) is 6.06. The summed E-state index contributed by atoms with van der Waals surface area (Å²) in [5.41, 5.74) is 9.01. The molecule has 94 valence electrons. The number of imidazole rings is 1. The number of aromatic nitrogens is 3. The average molecular weight is 268 g/mol. The second-order valence-electron chi connectivity index (χ2n) is 4.55. The van der Waals surface area contributed by atoms with Gasteiger partial charge >= 0.3 is 0 Å². The van der Waals surface area contributed by atoms with Crippen LogP contribution in [0.25, 0.3) is 15.9 Å². The van der Waals surface area contributed by atoms with Crippen molar-refractivity contribution in [3.8, 4) is 0 Å². The van der Waals surface area contributed by atoms with E-state index in [0.29, 0.717) is 0 Å². The molecule has 0 aliphatic carbocycles. The van der Waals surface area contributed by atoms with Crippen LogP contribution in [0.1, 0.15) is 5.69 Å². The van der Waals surface area contributed by atoms with Crippen LogP contribution >= 0.6 is 11.3 Å². The van der Waals surface area contributed by atoms with Crippen molar-refractivity contribution in [2.45, 2.75) is 6.54 Å².